The first kappa shape index (κ1) is 17.1. The molecule has 0 saturated heterocycles. The largest absolute Gasteiger partial charge is 0.468 e. The zero-order valence-electron chi connectivity index (χ0n) is 14.4. The van der Waals surface area contributed by atoms with E-state index in [9.17, 15) is 8.42 Å². The maximum Gasteiger partial charge on any atom is 0.243 e. The molecule has 2 aromatic heterocycles. The van der Waals surface area contributed by atoms with Crippen molar-refractivity contribution < 1.29 is 17.3 Å². The molecule has 0 N–H and O–H groups in total. The summed E-state index contributed by atoms with van der Waals surface area (Å²) in [5.41, 5.74) is 2.41. The molecule has 4 rings (SSSR count). The summed E-state index contributed by atoms with van der Waals surface area (Å²) in [4.78, 5) is 0.330. The van der Waals surface area contributed by atoms with Crippen molar-refractivity contribution in [2.75, 3.05) is 0 Å². The Morgan fingerprint density at radius 1 is 0.846 bits per heavy atom. The van der Waals surface area contributed by atoms with Gasteiger partial charge in [0.25, 0.3) is 0 Å². The van der Waals surface area contributed by atoms with E-state index in [1.165, 1.54) is 16.3 Å². The van der Waals surface area contributed by atoms with Crippen molar-refractivity contribution in [1.82, 2.24) is 4.31 Å². The Labute approximate surface area is 153 Å². The van der Waals surface area contributed by atoms with Crippen molar-refractivity contribution in [2.24, 2.45) is 0 Å². The minimum atomic E-state index is -3.67. The van der Waals surface area contributed by atoms with E-state index in [1.54, 1.807) is 42.9 Å². The molecular weight excluding hydrogens is 350 g/mol. The standard InChI is InChI=1S/C20H21NO4S/c22-26(23,20-10-9-16-5-1-2-6-17(16)13-20)21(14-18-7-3-11-24-18)15-19-8-4-12-25-19/h3-4,7-13H,1-2,5-6,14-15H2. The third-order valence-electron chi connectivity index (χ3n) is 4.78. The number of hydrogen-bond donors (Lipinski definition) is 0. The predicted octanol–water partition coefficient (Wildman–Crippen LogP) is 4.14. The smallest absolute Gasteiger partial charge is 0.243 e. The van der Waals surface area contributed by atoms with Crippen molar-refractivity contribution in [3.8, 4) is 0 Å². The molecule has 1 aliphatic carbocycles. The Bertz CT molecular complexity index is 923. The highest BCUT2D eigenvalue weighted by atomic mass is 32.2. The van der Waals surface area contributed by atoms with Crippen LogP contribution in [0.4, 0.5) is 0 Å². The minimum Gasteiger partial charge on any atom is -0.468 e. The van der Waals surface area contributed by atoms with E-state index < -0.39 is 10.0 Å². The van der Waals surface area contributed by atoms with Gasteiger partial charge in [0.05, 0.1) is 30.5 Å². The van der Waals surface area contributed by atoms with Crippen LogP contribution in [-0.2, 0) is 36.0 Å². The van der Waals surface area contributed by atoms with Crippen molar-refractivity contribution in [2.45, 2.75) is 43.7 Å². The summed E-state index contributed by atoms with van der Waals surface area (Å²) >= 11 is 0. The van der Waals surface area contributed by atoms with Crippen LogP contribution in [0.5, 0.6) is 0 Å². The molecule has 0 unspecified atom stereocenters. The number of aryl methyl sites for hydroxylation is 2. The quantitative estimate of drug-likeness (QED) is 0.653. The van der Waals surface area contributed by atoms with Gasteiger partial charge in [0.15, 0.2) is 0 Å². The van der Waals surface area contributed by atoms with Crippen LogP contribution in [0.2, 0.25) is 0 Å². The molecule has 0 amide bonds. The Morgan fingerprint density at radius 2 is 1.46 bits per heavy atom. The van der Waals surface area contributed by atoms with Gasteiger partial charge in [0, 0.05) is 0 Å². The van der Waals surface area contributed by atoms with Crippen LogP contribution in [0.15, 0.2) is 68.7 Å². The van der Waals surface area contributed by atoms with Crippen molar-refractivity contribution in [1.29, 1.82) is 0 Å². The first-order valence-electron chi connectivity index (χ1n) is 8.80. The van der Waals surface area contributed by atoms with E-state index in [-0.39, 0.29) is 13.1 Å². The minimum absolute atomic E-state index is 0.160. The average molecular weight is 371 g/mol. The van der Waals surface area contributed by atoms with Gasteiger partial charge in [-0.2, -0.15) is 4.31 Å². The van der Waals surface area contributed by atoms with Crippen LogP contribution >= 0.6 is 0 Å². The summed E-state index contributed by atoms with van der Waals surface area (Å²) in [7, 11) is -3.67. The summed E-state index contributed by atoms with van der Waals surface area (Å²) in [5, 5.41) is 0. The van der Waals surface area contributed by atoms with Gasteiger partial charge in [-0.25, -0.2) is 8.42 Å². The molecule has 3 aromatic rings. The Morgan fingerprint density at radius 3 is 2.04 bits per heavy atom. The Balaban J connectivity index is 1.68. The van der Waals surface area contributed by atoms with Crippen LogP contribution in [0.1, 0.15) is 35.5 Å². The number of rotatable bonds is 6. The second-order valence-electron chi connectivity index (χ2n) is 6.57. The van der Waals surface area contributed by atoms with Crippen LogP contribution < -0.4 is 0 Å². The van der Waals surface area contributed by atoms with E-state index in [1.807, 2.05) is 12.1 Å². The normalized spacial score (nSPS) is 14.5. The second-order valence-corrected chi connectivity index (χ2v) is 8.51. The second kappa shape index (κ2) is 7.13. The molecule has 0 radical (unpaired) electrons. The van der Waals surface area contributed by atoms with Gasteiger partial charge >= 0.3 is 0 Å². The molecule has 5 nitrogen and oxygen atoms in total. The number of furan rings is 2. The molecule has 2 heterocycles. The van der Waals surface area contributed by atoms with Gasteiger partial charge in [-0.1, -0.05) is 6.07 Å². The van der Waals surface area contributed by atoms with E-state index in [4.69, 9.17) is 8.83 Å². The number of sulfonamides is 1. The van der Waals surface area contributed by atoms with Gasteiger partial charge < -0.3 is 8.83 Å². The predicted molar refractivity (Wildman–Crippen MR) is 96.9 cm³/mol. The summed E-state index contributed by atoms with van der Waals surface area (Å²) < 4.78 is 38.8. The van der Waals surface area contributed by atoms with E-state index >= 15 is 0 Å². The van der Waals surface area contributed by atoms with Crippen molar-refractivity contribution >= 4 is 10.0 Å². The molecule has 0 saturated carbocycles. The van der Waals surface area contributed by atoms with E-state index in [0.717, 1.165) is 24.8 Å². The number of hydrogen-bond acceptors (Lipinski definition) is 4. The van der Waals surface area contributed by atoms with E-state index in [2.05, 4.69) is 0 Å². The lowest BCUT2D eigenvalue weighted by Gasteiger charge is -2.22. The molecule has 6 heteroatoms. The van der Waals surface area contributed by atoms with Crippen LogP contribution in [0.3, 0.4) is 0 Å². The molecule has 0 bridgehead atoms. The molecule has 1 aliphatic rings. The SMILES string of the molecule is O=S(=O)(c1ccc2c(c1)CCCC2)N(Cc1ccco1)Cc1ccco1. The fourth-order valence-electron chi connectivity index (χ4n) is 3.40. The van der Waals surface area contributed by atoms with Gasteiger partial charge in [-0.15, -0.1) is 0 Å². The monoisotopic (exact) mass is 371 g/mol. The van der Waals surface area contributed by atoms with E-state index in [0.29, 0.717) is 16.4 Å². The maximum absolute atomic E-state index is 13.3. The summed E-state index contributed by atoms with van der Waals surface area (Å²) in [5.74, 6) is 1.19. The van der Waals surface area contributed by atoms with Gasteiger partial charge in [0.2, 0.25) is 10.0 Å². The average Bonchev–Trinajstić information content (AvgIpc) is 3.35. The highest BCUT2D eigenvalue weighted by Crippen LogP contribution is 2.27. The lowest BCUT2D eigenvalue weighted by atomic mass is 9.92. The molecule has 0 aliphatic heterocycles. The Kier molecular flexibility index (Phi) is 4.70. The lowest BCUT2D eigenvalue weighted by molar-refractivity contribution is 0.330. The lowest BCUT2D eigenvalue weighted by Crippen LogP contribution is -2.30. The highest BCUT2D eigenvalue weighted by molar-refractivity contribution is 7.89. The number of nitrogens with zero attached hydrogens (tertiary/aromatic N) is 1. The molecule has 26 heavy (non-hydrogen) atoms. The van der Waals surface area contributed by atoms with Crippen molar-refractivity contribution in [3.05, 3.63) is 77.6 Å². The Hall–Kier alpha value is -2.31. The van der Waals surface area contributed by atoms with Crippen molar-refractivity contribution in [3.63, 3.8) is 0 Å². The molecule has 0 fully saturated rings. The molecule has 0 spiro atoms. The zero-order chi connectivity index (χ0) is 18.0. The molecular formula is C20H21NO4S. The van der Waals surface area contributed by atoms with Crippen LogP contribution in [0.25, 0.3) is 0 Å². The molecule has 1 aromatic carbocycles. The number of fused-ring (bicyclic) bond motifs is 1. The first-order chi connectivity index (χ1) is 12.6. The summed E-state index contributed by atoms with van der Waals surface area (Å²) in [6, 6.07) is 12.6. The van der Waals surface area contributed by atoms with Gasteiger partial charge in [0.1, 0.15) is 11.5 Å². The fraction of sp³-hybridized carbons (Fsp3) is 0.300. The fourth-order valence-corrected chi connectivity index (χ4v) is 4.82. The number of benzene rings is 1. The van der Waals surface area contributed by atoms with Gasteiger partial charge in [-0.3, -0.25) is 0 Å². The van der Waals surface area contributed by atoms with Gasteiger partial charge in [-0.05, 0) is 73.2 Å². The van der Waals surface area contributed by atoms with Crippen LogP contribution in [-0.4, -0.2) is 12.7 Å². The molecule has 136 valence electrons. The first-order valence-corrected chi connectivity index (χ1v) is 10.2. The molecule has 0 atom stereocenters. The topological polar surface area (TPSA) is 63.7 Å². The highest BCUT2D eigenvalue weighted by Gasteiger charge is 2.27. The maximum atomic E-state index is 13.3. The third kappa shape index (κ3) is 3.48. The zero-order valence-corrected chi connectivity index (χ0v) is 15.2. The third-order valence-corrected chi connectivity index (χ3v) is 6.57. The van der Waals surface area contributed by atoms with Crippen LogP contribution in [0, 0.1) is 0 Å². The summed E-state index contributed by atoms with van der Waals surface area (Å²) in [6.45, 7) is 0.320. The summed E-state index contributed by atoms with van der Waals surface area (Å²) in [6.07, 6.45) is 7.34.